The molecule has 0 aromatic carbocycles. The second kappa shape index (κ2) is 8.77. The molecular formula is C19H31BClN2. The van der Waals surface area contributed by atoms with Crippen LogP contribution in [0.1, 0.15) is 52.9 Å². The van der Waals surface area contributed by atoms with Crippen molar-refractivity contribution >= 4 is 25.7 Å². The first-order valence-corrected chi connectivity index (χ1v) is 8.99. The Morgan fingerprint density at radius 1 is 1.43 bits per heavy atom. The van der Waals surface area contributed by atoms with Crippen molar-refractivity contribution in [3.63, 3.8) is 0 Å². The van der Waals surface area contributed by atoms with E-state index in [1.54, 1.807) is 0 Å². The van der Waals surface area contributed by atoms with Crippen LogP contribution in [0.15, 0.2) is 24.4 Å². The molecule has 1 heterocycles. The van der Waals surface area contributed by atoms with Crippen LogP contribution in [0.2, 0.25) is 0 Å². The van der Waals surface area contributed by atoms with E-state index in [-0.39, 0.29) is 5.50 Å². The van der Waals surface area contributed by atoms with Gasteiger partial charge in [0, 0.05) is 0 Å². The normalized spacial score (nSPS) is 15.1. The van der Waals surface area contributed by atoms with E-state index >= 15 is 0 Å². The van der Waals surface area contributed by atoms with Crippen LogP contribution in [0.3, 0.4) is 0 Å². The third kappa shape index (κ3) is 5.56. The van der Waals surface area contributed by atoms with Gasteiger partial charge in [-0.2, -0.15) is 0 Å². The third-order valence-corrected chi connectivity index (χ3v) is 5.46. The zero-order valence-electron chi connectivity index (χ0n) is 15.2. The number of hydrogen-bond donors (Lipinski definition) is 0. The average Bonchev–Trinajstić information content (AvgIpc) is 2.83. The first-order chi connectivity index (χ1) is 10.7. The molecule has 0 saturated heterocycles. The van der Waals surface area contributed by atoms with E-state index in [0.29, 0.717) is 5.41 Å². The molecule has 127 valence electrons. The molecule has 2 unspecified atom stereocenters. The molecule has 0 N–H and O–H groups in total. The van der Waals surface area contributed by atoms with Gasteiger partial charge in [-0.15, -0.1) is 0 Å². The van der Waals surface area contributed by atoms with Gasteiger partial charge in [-0.05, 0) is 0 Å². The Morgan fingerprint density at radius 3 is 2.57 bits per heavy atom. The molecule has 4 heteroatoms. The average molecular weight is 334 g/mol. The Kier molecular flexibility index (Phi) is 7.66. The maximum atomic E-state index is 6.67. The summed E-state index contributed by atoms with van der Waals surface area (Å²) in [4.78, 5) is 2.10. The van der Waals surface area contributed by atoms with Gasteiger partial charge in [-0.3, -0.25) is 0 Å². The predicted octanol–water partition coefficient (Wildman–Crippen LogP) is 4.32. The van der Waals surface area contributed by atoms with Crippen LogP contribution in [0, 0.1) is 10.7 Å². The van der Waals surface area contributed by atoms with Crippen LogP contribution >= 0.6 is 11.6 Å². The Bertz CT molecular complexity index is 582. The van der Waals surface area contributed by atoms with Crippen LogP contribution in [-0.4, -0.2) is 29.5 Å². The van der Waals surface area contributed by atoms with E-state index in [0.717, 1.165) is 42.1 Å². The van der Waals surface area contributed by atoms with Gasteiger partial charge in [0.1, 0.15) is 0 Å². The molecule has 0 aliphatic carbocycles. The van der Waals surface area contributed by atoms with Gasteiger partial charge in [-0.25, -0.2) is 0 Å². The summed E-state index contributed by atoms with van der Waals surface area (Å²) in [6, 6.07) is 3.82. The number of halogens is 1. The first-order valence-electron chi connectivity index (χ1n) is 8.55. The monoisotopic (exact) mass is 333 g/mol. The maximum absolute atomic E-state index is 6.67. The summed E-state index contributed by atoms with van der Waals surface area (Å²) in [6.07, 6.45) is 5.34. The van der Waals surface area contributed by atoms with Crippen molar-refractivity contribution in [3.8, 4) is 0 Å². The molecule has 0 spiro atoms. The van der Waals surface area contributed by atoms with Crippen molar-refractivity contribution in [2.75, 3.05) is 7.05 Å². The standard InChI is InChI=1S/C19H31BClN2/c1-7-12-19(5,8-2)14-18(21)22(6)15(3)11-13-23-16(4)9-10-17(23)20/h9-10,18H,3-4,7-8,11-14H2,1-2,5-6H3. The van der Waals surface area contributed by atoms with Gasteiger partial charge in [0.2, 0.25) is 0 Å². The SMILES string of the molecule is [B]=c1ccc(=C)n1CCC(=C)N(C)C(Cl)CC(C)(CC)CCC. The third-order valence-electron chi connectivity index (χ3n) is 5.02. The summed E-state index contributed by atoms with van der Waals surface area (Å²) >= 11 is 6.67. The van der Waals surface area contributed by atoms with Gasteiger partial charge < -0.3 is 0 Å². The molecule has 1 aromatic heterocycles. The zero-order chi connectivity index (χ0) is 17.6. The number of rotatable bonds is 10. The van der Waals surface area contributed by atoms with Crippen molar-refractivity contribution < 1.29 is 0 Å². The van der Waals surface area contributed by atoms with E-state index < -0.39 is 0 Å². The molecule has 0 amide bonds. The van der Waals surface area contributed by atoms with Crippen LogP contribution in [0.4, 0.5) is 0 Å². The number of aromatic nitrogens is 1. The summed E-state index contributed by atoms with van der Waals surface area (Å²) in [6.45, 7) is 15.8. The van der Waals surface area contributed by atoms with Crippen LogP contribution in [-0.2, 0) is 6.54 Å². The minimum absolute atomic E-state index is 0.0276. The zero-order valence-corrected chi connectivity index (χ0v) is 16.0. The molecule has 2 atom stereocenters. The molecule has 0 aliphatic heterocycles. The molecule has 23 heavy (non-hydrogen) atoms. The van der Waals surface area contributed by atoms with E-state index in [4.69, 9.17) is 19.1 Å². The number of alkyl halides is 1. The second-order valence-corrected chi connectivity index (χ2v) is 7.38. The summed E-state index contributed by atoms with van der Waals surface area (Å²) in [7, 11) is 7.99. The van der Waals surface area contributed by atoms with Crippen LogP contribution < -0.4 is 5.35 Å². The Hall–Kier alpha value is -0.955. The quantitative estimate of drug-likeness (QED) is 0.351. The van der Waals surface area contributed by atoms with Gasteiger partial charge >= 0.3 is 148 Å². The fourth-order valence-corrected chi connectivity index (χ4v) is 3.50. The van der Waals surface area contributed by atoms with Crippen molar-refractivity contribution in [3.05, 3.63) is 35.0 Å². The number of hydrogen-bond acceptors (Lipinski definition) is 1. The molecule has 0 fully saturated rings. The molecule has 0 aliphatic rings. The molecular weight excluding hydrogens is 302 g/mol. The summed E-state index contributed by atoms with van der Waals surface area (Å²) in [5, 5.41) is 1.68. The summed E-state index contributed by atoms with van der Waals surface area (Å²) in [5.74, 6) is 0. The van der Waals surface area contributed by atoms with E-state index in [2.05, 4.69) is 38.8 Å². The fourth-order valence-electron chi connectivity index (χ4n) is 2.99. The van der Waals surface area contributed by atoms with Crippen LogP contribution in [0.5, 0.6) is 0 Å². The summed E-state index contributed by atoms with van der Waals surface area (Å²) in [5.41, 5.74) is 1.30. The molecule has 1 aromatic rings. The first kappa shape index (κ1) is 20.1. The number of allylic oxidation sites excluding steroid dienone is 1. The van der Waals surface area contributed by atoms with Crippen molar-refractivity contribution in [2.45, 2.75) is 64.9 Å². The van der Waals surface area contributed by atoms with E-state index in [1.165, 1.54) is 12.8 Å². The van der Waals surface area contributed by atoms with Crippen molar-refractivity contribution in [1.82, 2.24) is 9.47 Å². The summed E-state index contributed by atoms with van der Waals surface area (Å²) < 4.78 is 2.01. The molecule has 1 rings (SSSR count). The number of nitrogens with zero attached hydrogens (tertiary/aromatic N) is 2. The Balaban J connectivity index is 2.62. The second-order valence-electron chi connectivity index (χ2n) is 6.88. The van der Waals surface area contributed by atoms with Gasteiger partial charge in [0.05, 0.1) is 0 Å². The van der Waals surface area contributed by atoms with Gasteiger partial charge in [0.25, 0.3) is 0 Å². The molecule has 2 nitrogen and oxygen atoms in total. The Labute approximate surface area is 147 Å². The van der Waals surface area contributed by atoms with Crippen molar-refractivity contribution in [2.24, 2.45) is 5.41 Å². The van der Waals surface area contributed by atoms with E-state index in [1.807, 2.05) is 23.7 Å². The van der Waals surface area contributed by atoms with Crippen molar-refractivity contribution in [1.29, 1.82) is 0 Å². The topological polar surface area (TPSA) is 8.17 Å². The van der Waals surface area contributed by atoms with Gasteiger partial charge in [0.15, 0.2) is 0 Å². The molecule has 0 saturated carbocycles. The fraction of sp³-hybridized carbons (Fsp3) is 0.632. The molecule has 1 radical (unpaired) electrons. The van der Waals surface area contributed by atoms with E-state index in [9.17, 15) is 0 Å². The Morgan fingerprint density at radius 2 is 2.09 bits per heavy atom. The minimum atomic E-state index is -0.0276. The molecule has 0 bridgehead atoms. The predicted molar refractivity (Wildman–Crippen MR) is 103 cm³/mol. The van der Waals surface area contributed by atoms with Gasteiger partial charge in [-0.1, -0.05) is 0 Å². The van der Waals surface area contributed by atoms with Crippen LogP contribution in [0.25, 0.3) is 6.58 Å².